The maximum Gasteiger partial charge on any atom is 0.342 e. The molecule has 3 unspecified atom stereocenters. The van der Waals surface area contributed by atoms with E-state index in [-0.39, 0.29) is 19.0 Å². The molecule has 3 N–H and O–H groups in total. The highest BCUT2D eigenvalue weighted by Crippen LogP contribution is 2.31. The van der Waals surface area contributed by atoms with Crippen LogP contribution in [0.25, 0.3) is 21.9 Å². The van der Waals surface area contributed by atoms with Crippen LogP contribution >= 0.6 is 0 Å². The van der Waals surface area contributed by atoms with Crippen molar-refractivity contribution in [2.24, 2.45) is 0 Å². The van der Waals surface area contributed by atoms with Crippen LogP contribution in [0.1, 0.15) is 47.4 Å². The molecule has 0 aliphatic heterocycles. The Labute approximate surface area is 219 Å². The number of amides is 1. The Balaban J connectivity index is 1.96. The zero-order valence-electron chi connectivity index (χ0n) is 22.3. The Hall–Kier alpha value is -3.45. The number of benzene rings is 1. The Morgan fingerprint density at radius 3 is 2.39 bits per heavy atom. The van der Waals surface area contributed by atoms with Crippen molar-refractivity contribution in [3.8, 4) is 0 Å². The number of carbonyl (C=O) groups is 3. The van der Waals surface area contributed by atoms with E-state index < -0.39 is 41.8 Å². The van der Waals surface area contributed by atoms with Gasteiger partial charge in [0.15, 0.2) is 11.9 Å². The van der Waals surface area contributed by atoms with Crippen LogP contribution in [0.15, 0.2) is 24.3 Å². The van der Waals surface area contributed by atoms with Crippen LogP contribution in [0.3, 0.4) is 0 Å². The maximum atomic E-state index is 13.0. The number of anilines is 1. The van der Waals surface area contributed by atoms with Crippen LogP contribution in [0.2, 0.25) is 0 Å². The van der Waals surface area contributed by atoms with Crippen LogP contribution < -0.4 is 5.32 Å². The number of hydrogen-bond acceptors (Lipinski definition) is 10. The molecule has 2 aromatic heterocycles. The molecule has 1 aromatic carbocycles. The van der Waals surface area contributed by atoms with E-state index in [9.17, 15) is 24.6 Å². The number of esters is 2. The fraction of sp³-hybridized carbons (Fsp3) is 0.500. The van der Waals surface area contributed by atoms with E-state index in [4.69, 9.17) is 14.5 Å². The first kappa shape index (κ1) is 29.1. The molecule has 1 amide bonds. The highest BCUT2D eigenvalue weighted by Gasteiger charge is 2.28. The molecule has 3 rings (SSSR count). The standard InChI is InChI=1S/C26H34N4O8/c1-7-36-12-19-28-20-21(30(19)13-26(5,6)35)17-10-8-9-11-18(17)27-22(20)29-23(32)15(3)37-16(4)25(34)38-24(33)14(2)31/h8-11,14-16,31,35H,7,12-13H2,1-6H3,(H,27,29,32). The van der Waals surface area contributed by atoms with Gasteiger partial charge < -0.3 is 34.3 Å². The molecule has 2 heterocycles. The van der Waals surface area contributed by atoms with Crippen molar-refractivity contribution in [1.29, 1.82) is 0 Å². The third-order valence-corrected chi connectivity index (χ3v) is 5.54. The second kappa shape index (κ2) is 11.9. The predicted octanol–water partition coefficient (Wildman–Crippen LogP) is 2.07. The second-order valence-electron chi connectivity index (χ2n) is 9.56. The Kier molecular flexibility index (Phi) is 9.15. The van der Waals surface area contributed by atoms with Gasteiger partial charge in [0, 0.05) is 12.0 Å². The number of aromatic nitrogens is 3. The molecule has 3 aromatic rings. The van der Waals surface area contributed by atoms with Gasteiger partial charge in [0.05, 0.1) is 23.2 Å². The Morgan fingerprint density at radius 1 is 1.08 bits per heavy atom. The molecule has 206 valence electrons. The lowest BCUT2D eigenvalue weighted by Crippen LogP contribution is -2.36. The van der Waals surface area contributed by atoms with Gasteiger partial charge in [-0.3, -0.25) is 4.79 Å². The van der Waals surface area contributed by atoms with Crippen LogP contribution in [0, 0.1) is 0 Å². The normalized spacial score (nSPS) is 14.3. The Bertz CT molecular complexity index is 1330. The van der Waals surface area contributed by atoms with Crippen molar-refractivity contribution in [1.82, 2.24) is 14.5 Å². The van der Waals surface area contributed by atoms with Crippen molar-refractivity contribution in [2.75, 3.05) is 11.9 Å². The summed E-state index contributed by atoms with van der Waals surface area (Å²) in [5.41, 5.74) is 0.602. The SMILES string of the molecule is CCOCc1nc2c(NC(=O)C(C)OC(C)C(=O)OC(=O)C(C)O)nc3ccccc3c2n1CC(C)(C)O. The summed E-state index contributed by atoms with van der Waals surface area (Å²) in [5, 5.41) is 23.3. The number of aliphatic hydroxyl groups is 2. The summed E-state index contributed by atoms with van der Waals surface area (Å²) in [7, 11) is 0. The number of rotatable bonds is 11. The molecule has 0 saturated carbocycles. The lowest BCUT2D eigenvalue weighted by molar-refractivity contribution is -0.174. The highest BCUT2D eigenvalue weighted by atomic mass is 16.6. The van der Waals surface area contributed by atoms with Crippen LogP contribution in [-0.4, -0.2) is 73.1 Å². The van der Waals surface area contributed by atoms with Crippen LogP contribution in [-0.2, 0) is 41.7 Å². The highest BCUT2D eigenvalue weighted by molar-refractivity contribution is 6.10. The van der Waals surface area contributed by atoms with Gasteiger partial charge in [-0.05, 0) is 47.6 Å². The van der Waals surface area contributed by atoms with Crippen molar-refractivity contribution in [3.05, 3.63) is 30.1 Å². The van der Waals surface area contributed by atoms with Gasteiger partial charge in [0.25, 0.3) is 5.91 Å². The average Bonchev–Trinajstić information content (AvgIpc) is 3.19. The molecule has 12 heteroatoms. The fourth-order valence-corrected chi connectivity index (χ4v) is 3.74. The van der Waals surface area contributed by atoms with E-state index in [1.165, 1.54) is 13.8 Å². The molecule has 0 fully saturated rings. The van der Waals surface area contributed by atoms with Gasteiger partial charge in [-0.2, -0.15) is 0 Å². The molecule has 0 spiro atoms. The van der Waals surface area contributed by atoms with E-state index >= 15 is 0 Å². The van der Waals surface area contributed by atoms with E-state index in [1.54, 1.807) is 19.9 Å². The smallest absolute Gasteiger partial charge is 0.342 e. The minimum atomic E-state index is -1.47. The fourth-order valence-electron chi connectivity index (χ4n) is 3.74. The quantitative estimate of drug-likeness (QED) is 0.247. The summed E-state index contributed by atoms with van der Waals surface area (Å²) in [6.45, 7) is 10.0. The number of aliphatic hydroxyl groups excluding tert-OH is 1. The van der Waals surface area contributed by atoms with E-state index in [0.29, 0.717) is 29.0 Å². The number of nitrogens with zero attached hydrogens (tertiary/aromatic N) is 3. The number of ether oxygens (including phenoxy) is 3. The molecular weight excluding hydrogens is 496 g/mol. The zero-order chi connectivity index (χ0) is 28.2. The third-order valence-electron chi connectivity index (χ3n) is 5.54. The monoisotopic (exact) mass is 530 g/mol. The lowest BCUT2D eigenvalue weighted by atomic mass is 10.1. The summed E-state index contributed by atoms with van der Waals surface area (Å²) in [4.78, 5) is 45.9. The second-order valence-corrected chi connectivity index (χ2v) is 9.56. The summed E-state index contributed by atoms with van der Waals surface area (Å²) in [6, 6.07) is 7.37. The minimum Gasteiger partial charge on any atom is -0.389 e. The molecule has 0 aliphatic carbocycles. The topological polar surface area (TPSA) is 162 Å². The third kappa shape index (κ3) is 6.90. The molecule has 0 aliphatic rings. The van der Waals surface area contributed by atoms with Gasteiger partial charge in [-0.25, -0.2) is 19.6 Å². The average molecular weight is 531 g/mol. The first-order valence-electron chi connectivity index (χ1n) is 12.3. The summed E-state index contributed by atoms with van der Waals surface area (Å²) < 4.78 is 17.4. The van der Waals surface area contributed by atoms with Crippen molar-refractivity contribution < 1.29 is 38.8 Å². The number of para-hydroxylation sites is 1. The number of hydrogen-bond donors (Lipinski definition) is 3. The predicted molar refractivity (Wildman–Crippen MR) is 138 cm³/mol. The summed E-state index contributed by atoms with van der Waals surface area (Å²) >= 11 is 0. The molecule has 0 bridgehead atoms. The number of fused-ring (bicyclic) bond motifs is 3. The summed E-state index contributed by atoms with van der Waals surface area (Å²) in [5.74, 6) is -2.03. The van der Waals surface area contributed by atoms with E-state index in [0.717, 1.165) is 12.3 Å². The van der Waals surface area contributed by atoms with Crippen LogP contribution in [0.5, 0.6) is 0 Å². The van der Waals surface area contributed by atoms with Gasteiger partial charge in [0.2, 0.25) is 0 Å². The molecule has 0 saturated heterocycles. The van der Waals surface area contributed by atoms with Gasteiger partial charge in [0.1, 0.15) is 30.2 Å². The van der Waals surface area contributed by atoms with Gasteiger partial charge in [-0.1, -0.05) is 18.2 Å². The molecular formula is C26H34N4O8. The zero-order valence-corrected chi connectivity index (χ0v) is 22.3. The van der Waals surface area contributed by atoms with Crippen molar-refractivity contribution in [3.63, 3.8) is 0 Å². The number of carbonyl (C=O) groups excluding carboxylic acids is 3. The van der Waals surface area contributed by atoms with Gasteiger partial charge >= 0.3 is 11.9 Å². The van der Waals surface area contributed by atoms with E-state index in [2.05, 4.69) is 15.0 Å². The van der Waals surface area contributed by atoms with E-state index in [1.807, 2.05) is 29.7 Å². The number of pyridine rings is 1. The summed E-state index contributed by atoms with van der Waals surface area (Å²) in [6.07, 6.45) is -3.87. The molecule has 12 nitrogen and oxygen atoms in total. The van der Waals surface area contributed by atoms with Crippen molar-refractivity contribution >= 4 is 45.6 Å². The van der Waals surface area contributed by atoms with Crippen LogP contribution in [0.4, 0.5) is 5.82 Å². The molecule has 3 atom stereocenters. The van der Waals surface area contributed by atoms with Gasteiger partial charge in [-0.15, -0.1) is 0 Å². The Morgan fingerprint density at radius 2 is 1.76 bits per heavy atom. The molecule has 38 heavy (non-hydrogen) atoms. The lowest BCUT2D eigenvalue weighted by Gasteiger charge is -2.21. The first-order chi connectivity index (χ1) is 17.8. The minimum absolute atomic E-state index is 0.172. The largest absolute Gasteiger partial charge is 0.389 e. The maximum absolute atomic E-state index is 13.0. The van der Waals surface area contributed by atoms with Crippen molar-refractivity contribution in [2.45, 2.75) is 78.6 Å². The number of imidazole rings is 1. The number of nitrogens with one attached hydrogen (secondary N) is 1. The first-order valence-corrected chi connectivity index (χ1v) is 12.3. The molecule has 0 radical (unpaired) electrons.